The summed E-state index contributed by atoms with van der Waals surface area (Å²) in [6.07, 6.45) is 1.80. The number of amides is 2. The van der Waals surface area contributed by atoms with E-state index in [1.54, 1.807) is 47.4 Å². The number of hydrogen-bond acceptors (Lipinski definition) is 4. The predicted molar refractivity (Wildman–Crippen MR) is 86.8 cm³/mol. The third-order valence-electron chi connectivity index (χ3n) is 4.20. The van der Waals surface area contributed by atoms with Crippen LogP contribution in [0.1, 0.15) is 17.7 Å². The van der Waals surface area contributed by atoms with E-state index in [2.05, 4.69) is 0 Å². The van der Waals surface area contributed by atoms with Crippen LogP contribution in [0.5, 0.6) is 5.75 Å². The lowest BCUT2D eigenvalue weighted by atomic mass is 10.1. The Bertz CT molecular complexity index is 726. The van der Waals surface area contributed by atoms with Crippen LogP contribution in [0.15, 0.2) is 47.1 Å². The van der Waals surface area contributed by atoms with Gasteiger partial charge < -0.3 is 19.3 Å². The van der Waals surface area contributed by atoms with Crippen molar-refractivity contribution in [2.75, 3.05) is 13.6 Å². The molecule has 1 atom stereocenters. The van der Waals surface area contributed by atoms with E-state index < -0.39 is 0 Å². The Morgan fingerprint density at radius 2 is 2.21 bits per heavy atom. The second kappa shape index (κ2) is 6.78. The van der Waals surface area contributed by atoms with Gasteiger partial charge in [-0.15, -0.1) is 0 Å². The number of phenolic OH excluding ortho intramolecular Hbond substituents is 1. The molecule has 1 aromatic carbocycles. The highest BCUT2D eigenvalue weighted by molar-refractivity contribution is 5.89. The van der Waals surface area contributed by atoms with Gasteiger partial charge in [0.15, 0.2) is 0 Å². The third kappa shape index (κ3) is 3.59. The number of nitrogens with zero attached hydrogens (tertiary/aromatic N) is 2. The molecule has 2 heterocycles. The van der Waals surface area contributed by atoms with E-state index in [-0.39, 0.29) is 29.9 Å². The number of rotatable bonds is 5. The van der Waals surface area contributed by atoms with Crippen molar-refractivity contribution >= 4 is 11.8 Å². The highest BCUT2D eigenvalue weighted by atomic mass is 16.3. The lowest BCUT2D eigenvalue weighted by molar-refractivity contribution is -0.135. The van der Waals surface area contributed by atoms with Crippen molar-refractivity contribution < 1.29 is 19.1 Å². The zero-order valence-corrected chi connectivity index (χ0v) is 13.5. The summed E-state index contributed by atoms with van der Waals surface area (Å²) >= 11 is 0. The predicted octanol–water partition coefficient (Wildman–Crippen LogP) is 1.99. The van der Waals surface area contributed by atoms with Crippen LogP contribution in [0.2, 0.25) is 0 Å². The highest BCUT2D eigenvalue weighted by Gasteiger charge is 2.35. The van der Waals surface area contributed by atoms with E-state index in [4.69, 9.17) is 4.42 Å². The lowest BCUT2D eigenvalue weighted by Gasteiger charge is -2.21. The third-order valence-corrected chi connectivity index (χ3v) is 4.20. The minimum Gasteiger partial charge on any atom is -0.508 e. The molecule has 1 fully saturated rings. The molecule has 1 saturated heterocycles. The number of likely N-dealkylation sites (tertiary alicyclic amines) is 1. The number of furan rings is 1. The summed E-state index contributed by atoms with van der Waals surface area (Å²) in [5, 5.41) is 9.50. The molecule has 0 aliphatic carbocycles. The van der Waals surface area contributed by atoms with Crippen LogP contribution in [0, 0.1) is 5.92 Å². The lowest BCUT2D eigenvalue weighted by Crippen LogP contribution is -2.34. The Hall–Kier alpha value is -2.76. The van der Waals surface area contributed by atoms with Crippen LogP contribution in [0.4, 0.5) is 0 Å². The first-order chi connectivity index (χ1) is 11.5. The molecule has 1 aromatic heterocycles. The Morgan fingerprint density at radius 1 is 1.38 bits per heavy atom. The van der Waals surface area contributed by atoms with Gasteiger partial charge in [0.05, 0.1) is 18.7 Å². The second-order valence-corrected chi connectivity index (χ2v) is 6.12. The van der Waals surface area contributed by atoms with Crippen molar-refractivity contribution in [2.24, 2.45) is 5.92 Å². The Balaban J connectivity index is 1.59. The first kappa shape index (κ1) is 16.1. The van der Waals surface area contributed by atoms with Gasteiger partial charge in [-0.1, -0.05) is 12.1 Å². The van der Waals surface area contributed by atoms with Crippen molar-refractivity contribution in [1.82, 2.24) is 9.80 Å². The van der Waals surface area contributed by atoms with Crippen LogP contribution in [0.3, 0.4) is 0 Å². The van der Waals surface area contributed by atoms with Gasteiger partial charge in [0.25, 0.3) is 0 Å². The first-order valence-corrected chi connectivity index (χ1v) is 7.86. The van der Waals surface area contributed by atoms with Gasteiger partial charge in [-0.2, -0.15) is 0 Å². The molecular formula is C18H20N2O4. The molecule has 0 spiro atoms. The topological polar surface area (TPSA) is 74.0 Å². The zero-order valence-electron chi connectivity index (χ0n) is 13.5. The van der Waals surface area contributed by atoms with Crippen molar-refractivity contribution in [2.45, 2.75) is 19.5 Å². The maximum Gasteiger partial charge on any atom is 0.228 e. The largest absolute Gasteiger partial charge is 0.508 e. The van der Waals surface area contributed by atoms with Gasteiger partial charge in [0.2, 0.25) is 11.8 Å². The van der Waals surface area contributed by atoms with Crippen molar-refractivity contribution in [3.05, 3.63) is 54.0 Å². The van der Waals surface area contributed by atoms with Gasteiger partial charge in [-0.25, -0.2) is 0 Å². The van der Waals surface area contributed by atoms with Crippen LogP contribution in [-0.2, 0) is 22.7 Å². The molecule has 0 bridgehead atoms. The van der Waals surface area contributed by atoms with Crippen LogP contribution in [0.25, 0.3) is 0 Å². The minimum absolute atomic E-state index is 0.0319. The Morgan fingerprint density at radius 3 is 2.92 bits per heavy atom. The molecule has 0 saturated carbocycles. The second-order valence-electron chi connectivity index (χ2n) is 6.12. The molecule has 1 aliphatic heterocycles. The van der Waals surface area contributed by atoms with Gasteiger partial charge in [0.1, 0.15) is 11.5 Å². The van der Waals surface area contributed by atoms with Crippen LogP contribution in [-0.4, -0.2) is 40.3 Å². The zero-order chi connectivity index (χ0) is 17.1. The monoisotopic (exact) mass is 328 g/mol. The van der Waals surface area contributed by atoms with E-state index >= 15 is 0 Å². The number of carbonyl (C=O) groups excluding carboxylic acids is 2. The highest BCUT2D eigenvalue weighted by Crippen LogP contribution is 2.23. The number of aromatic hydroxyl groups is 1. The summed E-state index contributed by atoms with van der Waals surface area (Å²) in [7, 11) is 1.71. The van der Waals surface area contributed by atoms with E-state index in [0.717, 1.165) is 5.56 Å². The molecule has 2 amide bonds. The molecule has 24 heavy (non-hydrogen) atoms. The molecule has 0 radical (unpaired) electrons. The van der Waals surface area contributed by atoms with Gasteiger partial charge in [0, 0.05) is 26.6 Å². The molecule has 0 unspecified atom stereocenters. The Labute approximate surface area is 140 Å². The maximum absolute atomic E-state index is 12.6. The minimum atomic E-state index is -0.338. The van der Waals surface area contributed by atoms with Gasteiger partial charge in [-0.05, 0) is 29.8 Å². The normalized spacial score (nSPS) is 17.3. The van der Waals surface area contributed by atoms with Gasteiger partial charge in [-0.3, -0.25) is 9.59 Å². The number of hydrogen-bond donors (Lipinski definition) is 1. The molecule has 6 heteroatoms. The SMILES string of the molecule is CN(Cc1cccc(O)c1)C(=O)[C@@H]1CC(=O)N(Cc2ccco2)C1. The molecule has 2 aromatic rings. The van der Waals surface area contributed by atoms with Crippen molar-refractivity contribution in [1.29, 1.82) is 0 Å². The van der Waals surface area contributed by atoms with Gasteiger partial charge >= 0.3 is 0 Å². The average molecular weight is 328 g/mol. The van der Waals surface area contributed by atoms with E-state index in [0.29, 0.717) is 25.4 Å². The molecule has 6 nitrogen and oxygen atoms in total. The number of phenols is 1. The first-order valence-electron chi connectivity index (χ1n) is 7.86. The summed E-state index contributed by atoms with van der Waals surface area (Å²) in [5.41, 5.74) is 0.850. The summed E-state index contributed by atoms with van der Waals surface area (Å²) < 4.78 is 5.26. The smallest absolute Gasteiger partial charge is 0.228 e. The fraction of sp³-hybridized carbons (Fsp3) is 0.333. The standard InChI is InChI=1S/C18H20N2O4/c1-19(10-13-4-2-5-15(21)8-13)18(23)14-9-17(22)20(11-14)12-16-6-3-7-24-16/h2-8,14,21H,9-12H2,1H3/t14-/m1/s1. The summed E-state index contributed by atoms with van der Waals surface area (Å²) in [6, 6.07) is 10.4. The summed E-state index contributed by atoms with van der Waals surface area (Å²) in [5.74, 6) is 0.456. The molecule has 1 aliphatic rings. The van der Waals surface area contributed by atoms with E-state index in [9.17, 15) is 14.7 Å². The van der Waals surface area contributed by atoms with E-state index in [1.807, 2.05) is 12.1 Å². The molecule has 3 rings (SSSR count). The average Bonchev–Trinajstić information content (AvgIpc) is 3.17. The van der Waals surface area contributed by atoms with Crippen LogP contribution >= 0.6 is 0 Å². The summed E-state index contributed by atoms with van der Waals surface area (Å²) in [4.78, 5) is 28.0. The van der Waals surface area contributed by atoms with Crippen molar-refractivity contribution in [3.8, 4) is 5.75 Å². The van der Waals surface area contributed by atoms with Crippen LogP contribution < -0.4 is 0 Å². The summed E-state index contributed by atoms with van der Waals surface area (Å²) in [6.45, 7) is 1.20. The fourth-order valence-corrected chi connectivity index (χ4v) is 3.00. The number of benzene rings is 1. The molecular weight excluding hydrogens is 308 g/mol. The molecule has 126 valence electrons. The maximum atomic E-state index is 12.6. The Kier molecular flexibility index (Phi) is 4.55. The quantitative estimate of drug-likeness (QED) is 0.911. The van der Waals surface area contributed by atoms with E-state index in [1.165, 1.54) is 0 Å². The molecule has 1 N–H and O–H groups in total. The number of carbonyl (C=O) groups is 2. The fourth-order valence-electron chi connectivity index (χ4n) is 3.00. The van der Waals surface area contributed by atoms with Crippen molar-refractivity contribution in [3.63, 3.8) is 0 Å².